The fourth-order valence-electron chi connectivity index (χ4n) is 3.10. The molecule has 0 radical (unpaired) electrons. The summed E-state index contributed by atoms with van der Waals surface area (Å²) in [5.41, 5.74) is 0.486. The van der Waals surface area contributed by atoms with Crippen LogP contribution in [0.2, 0.25) is 5.02 Å². The first-order valence-electron chi connectivity index (χ1n) is 9.01. The fraction of sp³-hybridized carbons (Fsp3) is 0.182. The zero-order valence-corrected chi connectivity index (χ0v) is 17.1. The maximum absolute atomic E-state index is 12.9. The molecule has 0 bridgehead atoms. The number of benzene rings is 1. The number of ketones is 1. The van der Waals surface area contributed by atoms with Crippen molar-refractivity contribution in [3.05, 3.63) is 85.9 Å². The van der Waals surface area contributed by atoms with Crippen LogP contribution in [0.5, 0.6) is 11.6 Å². The largest absolute Gasteiger partial charge is 0.494 e. The van der Waals surface area contributed by atoms with Crippen LogP contribution in [0.1, 0.15) is 32.6 Å². The number of pyridine rings is 2. The number of carbonyl (C=O) groups excluding carboxylic acids is 1. The van der Waals surface area contributed by atoms with Crippen LogP contribution in [0.15, 0.2) is 47.5 Å². The van der Waals surface area contributed by atoms with Crippen molar-refractivity contribution in [3.63, 3.8) is 0 Å². The Morgan fingerprint density at radius 1 is 1.33 bits per heavy atom. The summed E-state index contributed by atoms with van der Waals surface area (Å²) in [6.07, 6.45) is 3.11. The van der Waals surface area contributed by atoms with Gasteiger partial charge >= 0.3 is 0 Å². The number of Topliss-reactive ketones (excluding diaryl/α,β-unsaturated/α-hetero) is 1. The minimum Gasteiger partial charge on any atom is -0.494 e. The molecule has 8 heteroatoms. The van der Waals surface area contributed by atoms with E-state index in [1.54, 1.807) is 43.5 Å². The highest BCUT2D eigenvalue weighted by molar-refractivity contribution is 6.30. The zero-order chi connectivity index (χ0) is 21.8. The summed E-state index contributed by atoms with van der Waals surface area (Å²) in [4.78, 5) is 29.5. The van der Waals surface area contributed by atoms with Gasteiger partial charge in [0.05, 0.1) is 12.1 Å². The first kappa shape index (κ1) is 21.1. The van der Waals surface area contributed by atoms with Gasteiger partial charge < -0.3 is 9.84 Å². The van der Waals surface area contributed by atoms with Gasteiger partial charge in [0, 0.05) is 17.4 Å². The molecule has 7 nitrogen and oxygen atoms in total. The van der Waals surface area contributed by atoms with Gasteiger partial charge in [-0.25, -0.2) is 0 Å². The van der Waals surface area contributed by atoms with Crippen molar-refractivity contribution in [1.82, 2.24) is 9.55 Å². The van der Waals surface area contributed by atoms with Gasteiger partial charge in [-0.15, -0.1) is 0 Å². The van der Waals surface area contributed by atoms with Crippen LogP contribution in [0.4, 0.5) is 0 Å². The molecule has 0 atom stereocenters. The van der Waals surface area contributed by atoms with E-state index in [1.165, 1.54) is 13.1 Å². The molecule has 0 aliphatic rings. The molecule has 0 saturated heterocycles. The van der Waals surface area contributed by atoms with Crippen molar-refractivity contribution in [3.8, 4) is 17.7 Å². The van der Waals surface area contributed by atoms with Crippen LogP contribution >= 0.6 is 11.6 Å². The molecule has 2 heterocycles. The average molecular weight is 424 g/mol. The quantitative estimate of drug-likeness (QED) is 0.609. The van der Waals surface area contributed by atoms with Crippen LogP contribution in [0, 0.1) is 25.2 Å². The van der Waals surface area contributed by atoms with Crippen molar-refractivity contribution in [2.45, 2.75) is 20.4 Å². The fourth-order valence-corrected chi connectivity index (χ4v) is 3.32. The van der Waals surface area contributed by atoms with Gasteiger partial charge in [0.2, 0.25) is 11.7 Å². The van der Waals surface area contributed by atoms with Gasteiger partial charge in [0.1, 0.15) is 17.4 Å². The minimum atomic E-state index is -0.678. The summed E-state index contributed by atoms with van der Waals surface area (Å²) in [5, 5.41) is 20.7. The first-order chi connectivity index (χ1) is 14.3. The Labute approximate surface area is 177 Å². The highest BCUT2D eigenvalue weighted by Crippen LogP contribution is 2.25. The molecule has 30 heavy (non-hydrogen) atoms. The number of nitriles is 1. The number of carbonyl (C=O) groups is 1. The lowest BCUT2D eigenvalue weighted by atomic mass is 10.0. The van der Waals surface area contributed by atoms with Crippen molar-refractivity contribution >= 4 is 17.4 Å². The standard InChI is InChI=1S/C22H18ClN3O4/c1-13-8-16(23)5-6-19(13)30-12-18(27)20-14(2)17(9-24)21(28)26(22(20)29)11-15-4-3-7-25-10-15/h3-8,10,29H,11-12H2,1-2H3. The van der Waals surface area contributed by atoms with E-state index in [9.17, 15) is 20.0 Å². The molecule has 1 aromatic carbocycles. The SMILES string of the molecule is Cc1cc(Cl)ccc1OCC(=O)c1c(C)c(C#N)c(=O)n(Cc2cccnc2)c1O. The third-order valence-electron chi connectivity index (χ3n) is 4.64. The number of nitrogens with zero attached hydrogens (tertiary/aromatic N) is 3. The third kappa shape index (κ3) is 4.19. The number of hydrogen-bond donors (Lipinski definition) is 1. The first-order valence-corrected chi connectivity index (χ1v) is 9.38. The molecule has 152 valence electrons. The highest BCUT2D eigenvalue weighted by atomic mass is 35.5. The van der Waals surface area contributed by atoms with Crippen molar-refractivity contribution in [1.29, 1.82) is 5.26 Å². The lowest BCUT2D eigenvalue weighted by molar-refractivity contribution is 0.0916. The molecular weight excluding hydrogens is 406 g/mol. The normalized spacial score (nSPS) is 10.5. The number of halogens is 1. The minimum absolute atomic E-state index is 0.0368. The smallest absolute Gasteiger partial charge is 0.271 e. The number of hydrogen-bond acceptors (Lipinski definition) is 6. The molecule has 0 spiro atoms. The second kappa shape index (κ2) is 8.80. The maximum atomic E-state index is 12.9. The summed E-state index contributed by atoms with van der Waals surface area (Å²) < 4.78 is 6.57. The molecule has 2 aromatic heterocycles. The molecule has 1 N–H and O–H groups in total. The van der Waals surface area contributed by atoms with Gasteiger partial charge in [-0.05, 0) is 54.8 Å². The highest BCUT2D eigenvalue weighted by Gasteiger charge is 2.24. The van der Waals surface area contributed by atoms with Crippen LogP contribution in [-0.2, 0) is 6.54 Å². The molecule has 3 aromatic rings. The van der Waals surface area contributed by atoms with Crippen molar-refractivity contribution in [2.75, 3.05) is 6.61 Å². The van der Waals surface area contributed by atoms with Gasteiger partial charge in [0.15, 0.2) is 6.61 Å². The summed E-state index contributed by atoms with van der Waals surface area (Å²) in [7, 11) is 0. The predicted octanol–water partition coefficient (Wildman–Crippen LogP) is 3.40. The summed E-state index contributed by atoms with van der Waals surface area (Å²) >= 11 is 5.93. The van der Waals surface area contributed by atoms with Crippen LogP contribution in [0.25, 0.3) is 0 Å². The van der Waals surface area contributed by atoms with E-state index in [2.05, 4.69) is 4.98 Å². The molecule has 0 amide bonds. The second-order valence-electron chi connectivity index (χ2n) is 6.68. The molecule has 0 unspecified atom stereocenters. The Balaban J connectivity index is 1.99. The van der Waals surface area contributed by atoms with Gasteiger partial charge in [-0.3, -0.25) is 19.1 Å². The molecule has 0 fully saturated rings. The predicted molar refractivity (Wildman–Crippen MR) is 111 cm³/mol. The molecular formula is C22H18ClN3O4. The van der Waals surface area contributed by atoms with E-state index >= 15 is 0 Å². The monoisotopic (exact) mass is 423 g/mol. The lowest BCUT2D eigenvalue weighted by Crippen LogP contribution is -2.28. The van der Waals surface area contributed by atoms with E-state index < -0.39 is 17.2 Å². The topological polar surface area (TPSA) is 105 Å². The number of aromatic nitrogens is 2. The number of aromatic hydroxyl groups is 1. The zero-order valence-electron chi connectivity index (χ0n) is 16.3. The molecule has 3 rings (SSSR count). The van der Waals surface area contributed by atoms with E-state index in [0.29, 0.717) is 16.3 Å². The van der Waals surface area contributed by atoms with E-state index in [1.807, 2.05) is 6.07 Å². The van der Waals surface area contributed by atoms with E-state index in [0.717, 1.165) is 10.1 Å². The molecule has 0 aliphatic heterocycles. The average Bonchev–Trinajstić information content (AvgIpc) is 2.71. The second-order valence-corrected chi connectivity index (χ2v) is 7.12. The molecule has 0 saturated carbocycles. The van der Waals surface area contributed by atoms with E-state index in [4.69, 9.17) is 16.3 Å². The van der Waals surface area contributed by atoms with Crippen molar-refractivity contribution in [2.24, 2.45) is 0 Å². The number of rotatable bonds is 6. The van der Waals surface area contributed by atoms with Crippen LogP contribution in [0.3, 0.4) is 0 Å². The Hall–Kier alpha value is -3.63. The summed E-state index contributed by atoms with van der Waals surface area (Å²) in [6.45, 7) is 2.82. The number of ether oxygens (including phenoxy) is 1. The van der Waals surface area contributed by atoms with Gasteiger partial charge in [-0.2, -0.15) is 5.26 Å². The lowest BCUT2D eigenvalue weighted by Gasteiger charge is -2.16. The Morgan fingerprint density at radius 3 is 2.73 bits per heavy atom. The van der Waals surface area contributed by atoms with Gasteiger partial charge in [-0.1, -0.05) is 17.7 Å². The Kier molecular flexibility index (Phi) is 6.19. The third-order valence-corrected chi connectivity index (χ3v) is 4.87. The van der Waals surface area contributed by atoms with Gasteiger partial charge in [0.25, 0.3) is 5.56 Å². The van der Waals surface area contributed by atoms with Crippen LogP contribution in [-0.4, -0.2) is 27.0 Å². The van der Waals surface area contributed by atoms with Crippen molar-refractivity contribution < 1.29 is 14.6 Å². The Bertz CT molecular complexity index is 1210. The maximum Gasteiger partial charge on any atom is 0.271 e. The number of aryl methyl sites for hydroxylation is 1. The van der Waals surface area contributed by atoms with Crippen LogP contribution < -0.4 is 10.3 Å². The summed E-state index contributed by atoms with van der Waals surface area (Å²) in [6, 6.07) is 10.2. The van der Waals surface area contributed by atoms with E-state index in [-0.39, 0.29) is 29.8 Å². The Morgan fingerprint density at radius 2 is 2.10 bits per heavy atom. The molecule has 0 aliphatic carbocycles. The summed E-state index contributed by atoms with van der Waals surface area (Å²) in [5.74, 6) is -0.605.